The van der Waals surface area contributed by atoms with E-state index in [0.717, 1.165) is 0 Å². The average Bonchev–Trinajstić information content (AvgIpc) is 3.02. The van der Waals surface area contributed by atoms with Crippen molar-refractivity contribution in [2.75, 3.05) is 4.72 Å². The zero-order valence-corrected chi connectivity index (χ0v) is 11.6. The highest BCUT2D eigenvalue weighted by atomic mass is 32.2. The average molecular weight is 301 g/mol. The molecule has 3 rings (SSSR count). The zero-order chi connectivity index (χ0) is 14.7. The molecule has 7 nitrogen and oxygen atoms in total. The molecule has 0 fully saturated rings. The first-order valence-corrected chi connectivity index (χ1v) is 7.55. The molecule has 0 radical (unpaired) electrons. The molecular formula is C13H11N5O2S. The molecule has 0 aliphatic heterocycles. The van der Waals surface area contributed by atoms with Gasteiger partial charge in [0.1, 0.15) is 0 Å². The lowest BCUT2D eigenvalue weighted by Gasteiger charge is -2.08. The maximum Gasteiger partial charge on any atom is 0.261 e. The summed E-state index contributed by atoms with van der Waals surface area (Å²) in [6.07, 6.45) is 0. The number of para-hydroxylation sites is 1. The first-order chi connectivity index (χ1) is 10.1. The number of benzene rings is 2. The summed E-state index contributed by atoms with van der Waals surface area (Å²) in [6, 6.07) is 15.0. The summed E-state index contributed by atoms with van der Waals surface area (Å²) in [5.74, 6) is 0.412. The Morgan fingerprint density at radius 2 is 1.67 bits per heavy atom. The number of sulfonamides is 1. The fourth-order valence-corrected chi connectivity index (χ4v) is 2.85. The smallest absolute Gasteiger partial charge is 0.261 e. The van der Waals surface area contributed by atoms with Crippen LogP contribution in [0.1, 0.15) is 0 Å². The van der Waals surface area contributed by atoms with E-state index in [1.165, 1.54) is 12.1 Å². The Balaban J connectivity index is 1.86. The van der Waals surface area contributed by atoms with Crippen LogP contribution in [-0.2, 0) is 10.0 Å². The lowest BCUT2D eigenvalue weighted by atomic mass is 10.2. The molecule has 2 N–H and O–H groups in total. The lowest BCUT2D eigenvalue weighted by Crippen LogP contribution is -2.12. The van der Waals surface area contributed by atoms with E-state index in [2.05, 4.69) is 25.3 Å². The molecule has 0 amide bonds. The summed E-state index contributed by atoms with van der Waals surface area (Å²) in [4.78, 5) is 0.165. The van der Waals surface area contributed by atoms with Crippen molar-refractivity contribution in [1.29, 1.82) is 0 Å². The predicted octanol–water partition coefficient (Wildman–Crippen LogP) is 1.67. The summed E-state index contributed by atoms with van der Waals surface area (Å²) in [5, 5.41) is 13.5. The third kappa shape index (κ3) is 2.90. The van der Waals surface area contributed by atoms with E-state index in [9.17, 15) is 8.42 Å². The number of tetrazole rings is 1. The van der Waals surface area contributed by atoms with Crippen molar-refractivity contribution in [2.24, 2.45) is 0 Å². The van der Waals surface area contributed by atoms with Crippen LogP contribution in [0.15, 0.2) is 59.5 Å². The van der Waals surface area contributed by atoms with Gasteiger partial charge in [0.2, 0.25) is 5.82 Å². The van der Waals surface area contributed by atoms with Gasteiger partial charge in [-0.05, 0) is 41.6 Å². The van der Waals surface area contributed by atoms with Crippen LogP contribution in [0.5, 0.6) is 0 Å². The van der Waals surface area contributed by atoms with Gasteiger partial charge in [0, 0.05) is 11.3 Å². The number of aromatic nitrogens is 4. The molecule has 0 unspecified atom stereocenters. The summed E-state index contributed by atoms with van der Waals surface area (Å²) in [5.41, 5.74) is 1.20. The van der Waals surface area contributed by atoms with Crippen molar-refractivity contribution in [3.8, 4) is 11.4 Å². The fraction of sp³-hybridized carbons (Fsp3) is 0. The number of hydrogen-bond acceptors (Lipinski definition) is 5. The number of hydrogen-bond donors (Lipinski definition) is 2. The van der Waals surface area contributed by atoms with Crippen molar-refractivity contribution in [1.82, 2.24) is 20.6 Å². The predicted molar refractivity (Wildman–Crippen MR) is 76.9 cm³/mol. The quantitative estimate of drug-likeness (QED) is 0.763. The molecule has 0 aliphatic carbocycles. The van der Waals surface area contributed by atoms with E-state index in [1.54, 1.807) is 36.4 Å². The maximum atomic E-state index is 12.2. The second-order valence-corrected chi connectivity index (χ2v) is 5.91. The topological polar surface area (TPSA) is 101 Å². The van der Waals surface area contributed by atoms with Crippen LogP contribution in [0.25, 0.3) is 11.4 Å². The Labute approximate surface area is 121 Å². The van der Waals surface area contributed by atoms with Gasteiger partial charge in [0.05, 0.1) is 4.90 Å². The first-order valence-electron chi connectivity index (χ1n) is 6.07. The molecule has 0 aliphatic rings. The second-order valence-electron chi connectivity index (χ2n) is 4.23. The van der Waals surface area contributed by atoms with Gasteiger partial charge in [-0.2, -0.15) is 5.21 Å². The molecule has 3 aromatic rings. The molecule has 8 heteroatoms. The minimum Gasteiger partial charge on any atom is -0.280 e. The van der Waals surface area contributed by atoms with Gasteiger partial charge in [-0.1, -0.05) is 18.2 Å². The van der Waals surface area contributed by atoms with Crippen LogP contribution in [-0.4, -0.2) is 29.0 Å². The molecule has 2 aromatic carbocycles. The van der Waals surface area contributed by atoms with Crippen LogP contribution in [0.3, 0.4) is 0 Å². The van der Waals surface area contributed by atoms with Crippen LogP contribution < -0.4 is 4.72 Å². The number of nitrogens with zero attached hydrogens (tertiary/aromatic N) is 3. The second kappa shape index (κ2) is 5.33. The third-order valence-corrected chi connectivity index (χ3v) is 4.19. The summed E-state index contributed by atoms with van der Waals surface area (Å²) < 4.78 is 27.0. The van der Waals surface area contributed by atoms with Crippen LogP contribution in [0, 0.1) is 0 Å². The molecule has 0 atom stereocenters. The van der Waals surface area contributed by atoms with E-state index < -0.39 is 10.0 Å². The Morgan fingerprint density at radius 1 is 0.952 bits per heavy atom. The molecule has 1 heterocycles. The summed E-state index contributed by atoms with van der Waals surface area (Å²) in [7, 11) is -3.61. The number of H-pyrrole nitrogens is 1. The zero-order valence-electron chi connectivity index (χ0n) is 10.8. The summed E-state index contributed by atoms with van der Waals surface area (Å²) in [6.45, 7) is 0. The highest BCUT2D eigenvalue weighted by molar-refractivity contribution is 7.92. The van der Waals surface area contributed by atoms with Crippen molar-refractivity contribution in [3.05, 3.63) is 54.6 Å². The molecule has 1 aromatic heterocycles. The lowest BCUT2D eigenvalue weighted by molar-refractivity contribution is 0.601. The largest absolute Gasteiger partial charge is 0.280 e. The maximum absolute atomic E-state index is 12.2. The van der Waals surface area contributed by atoms with Gasteiger partial charge in [0.25, 0.3) is 10.0 Å². The third-order valence-electron chi connectivity index (χ3n) is 2.79. The standard InChI is InChI=1S/C13H11N5O2S/c19-21(20,16-11-4-2-1-3-5-11)12-8-6-10(7-9-12)13-14-17-18-15-13/h1-9,16H,(H,14,15,17,18). The van der Waals surface area contributed by atoms with E-state index in [1.807, 2.05) is 6.07 Å². The van der Waals surface area contributed by atoms with Crippen LogP contribution in [0.2, 0.25) is 0 Å². The molecule has 0 saturated carbocycles. The number of aromatic amines is 1. The van der Waals surface area contributed by atoms with Gasteiger partial charge >= 0.3 is 0 Å². The normalized spacial score (nSPS) is 11.2. The number of nitrogens with one attached hydrogen (secondary N) is 2. The Hall–Kier alpha value is -2.74. The van der Waals surface area contributed by atoms with Gasteiger partial charge in [-0.25, -0.2) is 8.42 Å². The SMILES string of the molecule is O=S(=O)(Nc1ccccc1)c1ccc(-c2nn[nH]n2)cc1. The molecule has 0 saturated heterocycles. The highest BCUT2D eigenvalue weighted by Gasteiger charge is 2.14. The molecule has 0 spiro atoms. The minimum absolute atomic E-state index is 0.165. The van der Waals surface area contributed by atoms with E-state index in [0.29, 0.717) is 17.1 Å². The fourth-order valence-electron chi connectivity index (χ4n) is 1.79. The van der Waals surface area contributed by atoms with Gasteiger partial charge in [0.15, 0.2) is 0 Å². The van der Waals surface area contributed by atoms with Gasteiger partial charge in [-0.3, -0.25) is 4.72 Å². The number of anilines is 1. The van der Waals surface area contributed by atoms with Crippen molar-refractivity contribution in [2.45, 2.75) is 4.90 Å². The van der Waals surface area contributed by atoms with E-state index >= 15 is 0 Å². The Morgan fingerprint density at radius 3 is 2.29 bits per heavy atom. The summed E-state index contributed by atoms with van der Waals surface area (Å²) >= 11 is 0. The Kier molecular flexibility index (Phi) is 3.36. The first kappa shape index (κ1) is 13.3. The molecule has 21 heavy (non-hydrogen) atoms. The van der Waals surface area contributed by atoms with Crippen molar-refractivity contribution >= 4 is 15.7 Å². The molecule has 0 bridgehead atoms. The van der Waals surface area contributed by atoms with Gasteiger partial charge in [-0.15, -0.1) is 10.2 Å². The van der Waals surface area contributed by atoms with Crippen molar-refractivity contribution in [3.63, 3.8) is 0 Å². The monoisotopic (exact) mass is 301 g/mol. The van der Waals surface area contributed by atoms with E-state index in [4.69, 9.17) is 0 Å². The Bertz CT molecular complexity index is 815. The molecular weight excluding hydrogens is 290 g/mol. The van der Waals surface area contributed by atoms with Crippen LogP contribution in [0.4, 0.5) is 5.69 Å². The highest BCUT2D eigenvalue weighted by Crippen LogP contribution is 2.19. The number of rotatable bonds is 4. The van der Waals surface area contributed by atoms with E-state index in [-0.39, 0.29) is 4.90 Å². The van der Waals surface area contributed by atoms with Crippen molar-refractivity contribution < 1.29 is 8.42 Å². The molecule has 106 valence electrons. The van der Waals surface area contributed by atoms with Gasteiger partial charge < -0.3 is 0 Å². The minimum atomic E-state index is -3.61. The van der Waals surface area contributed by atoms with Crippen LogP contribution >= 0.6 is 0 Å².